The number of amides is 1. The zero-order valence-corrected chi connectivity index (χ0v) is 17.2. The van der Waals surface area contributed by atoms with E-state index in [2.05, 4.69) is 15.9 Å². The number of Topliss-reactive ketones (excluding diaryl/α,β-unsaturated/α-hetero) is 1. The zero-order chi connectivity index (χ0) is 20.5. The maximum atomic E-state index is 12.9. The summed E-state index contributed by atoms with van der Waals surface area (Å²) < 4.78 is 6.26. The zero-order valence-electron chi connectivity index (χ0n) is 15.6. The highest BCUT2D eigenvalue weighted by atomic mass is 79.9. The van der Waals surface area contributed by atoms with Crippen LogP contribution in [0.4, 0.5) is 0 Å². The Hall–Kier alpha value is -3.12. The van der Waals surface area contributed by atoms with Crippen molar-refractivity contribution in [3.8, 4) is 0 Å². The third-order valence-corrected chi connectivity index (χ3v) is 5.49. The van der Waals surface area contributed by atoms with Crippen LogP contribution in [0.1, 0.15) is 28.5 Å². The highest BCUT2D eigenvalue weighted by molar-refractivity contribution is 9.10. The third-order valence-electron chi connectivity index (χ3n) is 4.96. The molecule has 1 fully saturated rings. The number of carbonyl (C=O) groups excluding carboxylic acids is 2. The van der Waals surface area contributed by atoms with Gasteiger partial charge in [0.25, 0.3) is 11.7 Å². The Morgan fingerprint density at radius 3 is 2.38 bits per heavy atom. The lowest BCUT2D eigenvalue weighted by Crippen LogP contribution is -2.29. The molecule has 1 atom stereocenters. The largest absolute Gasteiger partial charge is 0.507 e. The number of benzene rings is 2. The molecule has 6 heteroatoms. The van der Waals surface area contributed by atoms with Gasteiger partial charge in [-0.15, -0.1) is 0 Å². The van der Waals surface area contributed by atoms with Gasteiger partial charge in [-0.2, -0.15) is 0 Å². The highest BCUT2D eigenvalue weighted by Crippen LogP contribution is 2.40. The SMILES string of the molecule is Cc1ccc(C(O)=C2C(=O)C(=O)N(Cc3ccco3)[C@H]2c2ccc(Br)cc2)cc1. The number of halogens is 1. The lowest BCUT2D eigenvalue weighted by Gasteiger charge is -2.24. The van der Waals surface area contributed by atoms with Crippen LogP contribution in [0.3, 0.4) is 0 Å². The number of hydrogen-bond acceptors (Lipinski definition) is 4. The van der Waals surface area contributed by atoms with Gasteiger partial charge in [0.15, 0.2) is 0 Å². The first-order chi connectivity index (χ1) is 14.0. The van der Waals surface area contributed by atoms with Gasteiger partial charge in [-0.1, -0.05) is 57.9 Å². The summed E-state index contributed by atoms with van der Waals surface area (Å²) in [7, 11) is 0. The number of rotatable bonds is 4. The number of aliphatic hydroxyl groups is 1. The molecule has 29 heavy (non-hydrogen) atoms. The molecule has 2 heterocycles. The summed E-state index contributed by atoms with van der Waals surface area (Å²) in [6.45, 7) is 2.07. The topological polar surface area (TPSA) is 70.8 Å². The Bertz CT molecular complexity index is 1080. The van der Waals surface area contributed by atoms with Gasteiger partial charge in [0.2, 0.25) is 0 Å². The van der Waals surface area contributed by atoms with Crippen molar-refractivity contribution in [2.75, 3.05) is 0 Å². The van der Waals surface area contributed by atoms with Gasteiger partial charge < -0.3 is 14.4 Å². The number of ketones is 1. The fraction of sp³-hybridized carbons (Fsp3) is 0.130. The minimum absolute atomic E-state index is 0.0766. The first-order valence-electron chi connectivity index (χ1n) is 9.09. The summed E-state index contributed by atoms with van der Waals surface area (Å²) in [6.07, 6.45) is 1.52. The maximum Gasteiger partial charge on any atom is 0.296 e. The normalized spacial score (nSPS) is 18.4. The van der Waals surface area contributed by atoms with Crippen molar-refractivity contribution in [2.24, 2.45) is 0 Å². The molecule has 0 aliphatic carbocycles. The second-order valence-corrected chi connectivity index (χ2v) is 7.84. The molecular weight excluding hydrogens is 434 g/mol. The number of likely N-dealkylation sites (tertiary alicyclic amines) is 1. The molecule has 1 aliphatic rings. The molecule has 0 unspecified atom stereocenters. The molecule has 3 aromatic rings. The minimum Gasteiger partial charge on any atom is -0.507 e. The van der Waals surface area contributed by atoms with Gasteiger partial charge in [-0.05, 0) is 36.8 Å². The Labute approximate surface area is 176 Å². The fourth-order valence-electron chi connectivity index (χ4n) is 3.47. The Kier molecular flexibility index (Phi) is 5.11. The maximum absolute atomic E-state index is 12.9. The molecule has 0 bridgehead atoms. The molecule has 1 aliphatic heterocycles. The van der Waals surface area contributed by atoms with Gasteiger partial charge in [-0.25, -0.2) is 0 Å². The standard InChI is InChI=1S/C23H18BrNO4/c1-14-4-6-16(7-5-14)21(26)19-20(15-8-10-17(24)11-9-15)25(23(28)22(19)27)13-18-3-2-12-29-18/h2-12,20,26H,13H2,1H3/t20-/m0/s1. The molecule has 2 aromatic carbocycles. The van der Waals surface area contributed by atoms with Crippen molar-refractivity contribution in [1.82, 2.24) is 4.90 Å². The van der Waals surface area contributed by atoms with Crippen molar-refractivity contribution < 1.29 is 19.1 Å². The summed E-state index contributed by atoms with van der Waals surface area (Å²) in [5, 5.41) is 11.0. The van der Waals surface area contributed by atoms with Crippen LogP contribution in [0, 0.1) is 6.92 Å². The van der Waals surface area contributed by atoms with E-state index in [9.17, 15) is 14.7 Å². The van der Waals surface area contributed by atoms with Crippen LogP contribution in [0.25, 0.3) is 5.76 Å². The number of aryl methyl sites for hydroxylation is 1. The Morgan fingerprint density at radius 2 is 1.76 bits per heavy atom. The minimum atomic E-state index is -0.713. The third kappa shape index (κ3) is 3.63. The molecule has 1 saturated heterocycles. The molecule has 0 spiro atoms. The van der Waals surface area contributed by atoms with Gasteiger partial charge >= 0.3 is 0 Å². The first-order valence-corrected chi connectivity index (χ1v) is 9.88. The number of hydrogen-bond donors (Lipinski definition) is 1. The second kappa shape index (κ2) is 7.72. The number of aliphatic hydroxyl groups excluding tert-OH is 1. The number of furan rings is 1. The van der Waals surface area contributed by atoms with E-state index in [0.717, 1.165) is 15.6 Å². The summed E-state index contributed by atoms with van der Waals surface area (Å²) >= 11 is 3.41. The van der Waals surface area contributed by atoms with E-state index in [-0.39, 0.29) is 17.9 Å². The van der Waals surface area contributed by atoms with Crippen molar-refractivity contribution >= 4 is 33.4 Å². The Balaban J connectivity index is 1.86. The van der Waals surface area contributed by atoms with E-state index >= 15 is 0 Å². The lowest BCUT2D eigenvalue weighted by atomic mass is 9.95. The van der Waals surface area contributed by atoms with Gasteiger partial charge in [0.05, 0.1) is 24.4 Å². The van der Waals surface area contributed by atoms with Crippen LogP contribution in [0.5, 0.6) is 0 Å². The van der Waals surface area contributed by atoms with Gasteiger partial charge in [0.1, 0.15) is 11.5 Å². The quantitative estimate of drug-likeness (QED) is 0.345. The van der Waals surface area contributed by atoms with Gasteiger partial charge in [0, 0.05) is 10.0 Å². The lowest BCUT2D eigenvalue weighted by molar-refractivity contribution is -0.140. The van der Waals surface area contributed by atoms with E-state index in [0.29, 0.717) is 11.3 Å². The molecule has 1 N–H and O–H groups in total. The van der Waals surface area contributed by atoms with Crippen molar-refractivity contribution in [2.45, 2.75) is 19.5 Å². The molecule has 146 valence electrons. The van der Waals surface area contributed by atoms with Crippen molar-refractivity contribution in [3.63, 3.8) is 0 Å². The van der Waals surface area contributed by atoms with Crippen LogP contribution in [0.15, 0.2) is 81.4 Å². The van der Waals surface area contributed by atoms with Gasteiger partial charge in [-0.3, -0.25) is 9.59 Å². The molecule has 1 amide bonds. The summed E-state index contributed by atoms with van der Waals surface area (Å²) in [5.41, 5.74) is 2.33. The smallest absolute Gasteiger partial charge is 0.296 e. The number of nitrogens with zero attached hydrogens (tertiary/aromatic N) is 1. The van der Waals surface area contributed by atoms with Crippen molar-refractivity contribution in [3.05, 3.63) is 99.4 Å². The number of carbonyl (C=O) groups is 2. The highest BCUT2D eigenvalue weighted by Gasteiger charge is 2.46. The molecule has 4 rings (SSSR count). The average Bonchev–Trinajstić information content (AvgIpc) is 3.31. The molecule has 1 aromatic heterocycles. The van der Waals surface area contributed by atoms with Crippen LogP contribution in [-0.4, -0.2) is 21.7 Å². The van der Waals surface area contributed by atoms with E-state index in [1.54, 1.807) is 24.3 Å². The van der Waals surface area contributed by atoms with Crippen LogP contribution in [0.2, 0.25) is 0 Å². The Morgan fingerprint density at radius 1 is 1.07 bits per heavy atom. The summed E-state index contributed by atoms with van der Waals surface area (Å²) in [5.74, 6) is -0.993. The predicted molar refractivity (Wildman–Crippen MR) is 112 cm³/mol. The van der Waals surface area contributed by atoms with Crippen LogP contribution < -0.4 is 0 Å². The predicted octanol–water partition coefficient (Wildman–Crippen LogP) is 4.97. The molecule has 5 nitrogen and oxygen atoms in total. The van der Waals surface area contributed by atoms with E-state index < -0.39 is 17.7 Å². The van der Waals surface area contributed by atoms with Crippen LogP contribution >= 0.6 is 15.9 Å². The van der Waals surface area contributed by atoms with E-state index in [1.165, 1.54) is 11.2 Å². The van der Waals surface area contributed by atoms with Crippen molar-refractivity contribution in [1.29, 1.82) is 0 Å². The second-order valence-electron chi connectivity index (χ2n) is 6.92. The fourth-order valence-corrected chi connectivity index (χ4v) is 3.74. The van der Waals surface area contributed by atoms with Crippen LogP contribution in [-0.2, 0) is 16.1 Å². The summed E-state index contributed by atoms with van der Waals surface area (Å²) in [6, 6.07) is 17.3. The molecule has 0 radical (unpaired) electrons. The van der Waals surface area contributed by atoms with E-state index in [4.69, 9.17) is 4.42 Å². The average molecular weight is 452 g/mol. The van der Waals surface area contributed by atoms with E-state index in [1.807, 2.05) is 43.3 Å². The monoisotopic (exact) mass is 451 g/mol. The molecular formula is C23H18BrNO4. The first kappa shape index (κ1) is 19.2. The molecule has 0 saturated carbocycles. The summed E-state index contributed by atoms with van der Waals surface area (Å²) in [4.78, 5) is 27.2.